The number of likely N-dealkylation sites (N-methyl/N-ethyl adjacent to an activating group) is 1. The van der Waals surface area contributed by atoms with E-state index in [1.54, 1.807) is 78.8 Å². The third kappa shape index (κ3) is 9.09. The van der Waals surface area contributed by atoms with Crippen molar-refractivity contribution >= 4 is 45.9 Å². The lowest BCUT2D eigenvalue weighted by atomic mass is 9.82. The minimum absolute atomic E-state index is 0.210. The van der Waals surface area contributed by atoms with Crippen molar-refractivity contribution in [1.29, 1.82) is 0 Å². The molecule has 2 aromatic carbocycles. The molecule has 0 aliphatic carbocycles. The van der Waals surface area contributed by atoms with Crippen molar-refractivity contribution in [2.24, 2.45) is 5.92 Å². The maximum Gasteiger partial charge on any atom is 0.425 e. The van der Waals surface area contributed by atoms with E-state index in [9.17, 15) is 36.8 Å². The average molecular weight is 740 g/mol. The number of amides is 6. The maximum absolute atomic E-state index is 14.0. The van der Waals surface area contributed by atoms with Gasteiger partial charge < -0.3 is 14.8 Å². The van der Waals surface area contributed by atoms with Crippen LogP contribution in [0, 0.1) is 11.7 Å². The average Bonchev–Trinajstić information content (AvgIpc) is 3.04. The number of β-lactam (4-membered cyclic amide) rings is 1. The van der Waals surface area contributed by atoms with Gasteiger partial charge in [-0.25, -0.2) is 36.5 Å². The first-order chi connectivity index (χ1) is 24.1. The molecule has 3 atom stereocenters. The molecule has 1 saturated heterocycles. The van der Waals surface area contributed by atoms with Gasteiger partial charge in [0.25, 0.3) is 15.9 Å². The van der Waals surface area contributed by atoms with Crippen LogP contribution in [0.3, 0.4) is 0 Å². The number of pyridine rings is 1. The Kier molecular flexibility index (Phi) is 11.4. The Morgan fingerprint density at radius 1 is 0.923 bits per heavy atom. The van der Waals surface area contributed by atoms with Crippen LogP contribution in [0.2, 0.25) is 0 Å². The molecule has 0 radical (unpaired) electrons. The number of nitrogens with one attached hydrogen (secondary N) is 1. The number of nitrogens with zero attached hydrogens (tertiary/aromatic N) is 4. The Morgan fingerprint density at radius 3 is 2.02 bits per heavy atom. The zero-order chi connectivity index (χ0) is 38.8. The van der Waals surface area contributed by atoms with Gasteiger partial charge >= 0.3 is 18.2 Å². The molecule has 4 rings (SSSR count). The predicted molar refractivity (Wildman–Crippen MR) is 187 cm³/mol. The van der Waals surface area contributed by atoms with Crippen molar-refractivity contribution in [3.8, 4) is 0 Å². The summed E-state index contributed by atoms with van der Waals surface area (Å²) in [4.78, 5) is 72.7. The van der Waals surface area contributed by atoms with Crippen LogP contribution < -0.4 is 10.2 Å². The molecular formula is C36H42FN5O9S. The van der Waals surface area contributed by atoms with Gasteiger partial charge in [-0.2, -0.15) is 4.90 Å². The molecule has 3 aromatic rings. The second-order valence-electron chi connectivity index (χ2n) is 14.1. The van der Waals surface area contributed by atoms with E-state index in [0.717, 1.165) is 31.3 Å². The molecule has 0 spiro atoms. The summed E-state index contributed by atoms with van der Waals surface area (Å²) in [6.45, 7) is 11.3. The summed E-state index contributed by atoms with van der Waals surface area (Å²) in [5.41, 5.74) is -0.977. The van der Waals surface area contributed by atoms with E-state index in [-0.39, 0.29) is 17.1 Å². The van der Waals surface area contributed by atoms with Crippen molar-refractivity contribution in [1.82, 2.24) is 19.5 Å². The highest BCUT2D eigenvalue weighted by molar-refractivity contribution is 7.89. The second-order valence-corrected chi connectivity index (χ2v) is 16.1. The zero-order valence-electron chi connectivity index (χ0n) is 30.1. The topological polar surface area (TPSA) is 173 Å². The highest BCUT2D eigenvalue weighted by Gasteiger charge is 2.56. The largest absolute Gasteiger partial charge is 0.443 e. The molecule has 1 aliphatic heterocycles. The Balaban J connectivity index is 1.69. The van der Waals surface area contributed by atoms with Gasteiger partial charge in [0.05, 0.1) is 16.9 Å². The van der Waals surface area contributed by atoms with Crippen LogP contribution in [0.1, 0.15) is 65.6 Å². The number of ether oxygens (including phenoxy) is 2. The standard InChI is InChI=1S/C36H42FN5O9S/c1-22(24-12-10-9-11-13-24)39-32(45)42-29(31(44)40(8)52(48,49)26-16-14-25(37)15-17-26)27(30(42)43)20-23-18-19-38-28(21-23)41(33(46)50-35(2,3)4)34(47)51-36(5,6)7/h9-19,21-22,27,29H,20H2,1-8H3,(H,39,45)/t22-,27-,29+/m1/s1. The van der Waals surface area contributed by atoms with Gasteiger partial charge in [0, 0.05) is 13.2 Å². The van der Waals surface area contributed by atoms with Crippen LogP contribution in [0.25, 0.3) is 0 Å². The lowest BCUT2D eigenvalue weighted by Crippen LogP contribution is -2.70. The fourth-order valence-corrected chi connectivity index (χ4v) is 6.39. The quantitative estimate of drug-likeness (QED) is 0.287. The predicted octanol–water partition coefficient (Wildman–Crippen LogP) is 5.58. The van der Waals surface area contributed by atoms with E-state index in [4.69, 9.17) is 9.47 Å². The van der Waals surface area contributed by atoms with E-state index in [1.165, 1.54) is 18.3 Å². The Morgan fingerprint density at radius 2 is 1.48 bits per heavy atom. The molecule has 52 heavy (non-hydrogen) atoms. The van der Waals surface area contributed by atoms with E-state index in [0.29, 0.717) is 25.2 Å². The zero-order valence-corrected chi connectivity index (χ0v) is 30.9. The van der Waals surface area contributed by atoms with Crippen molar-refractivity contribution < 1.29 is 46.3 Å². The summed E-state index contributed by atoms with van der Waals surface area (Å²) in [6, 6.07) is 12.3. The maximum atomic E-state index is 14.0. The van der Waals surface area contributed by atoms with E-state index in [1.807, 2.05) is 0 Å². The molecule has 1 aromatic heterocycles. The van der Waals surface area contributed by atoms with Crippen molar-refractivity contribution in [2.75, 3.05) is 11.9 Å². The van der Waals surface area contributed by atoms with Gasteiger partial charge in [-0.15, -0.1) is 0 Å². The number of hydrogen-bond acceptors (Lipinski definition) is 10. The Labute approximate surface area is 301 Å². The fourth-order valence-electron chi connectivity index (χ4n) is 5.25. The number of benzene rings is 2. The molecule has 1 aliphatic rings. The van der Waals surface area contributed by atoms with Gasteiger partial charge in [-0.1, -0.05) is 30.3 Å². The van der Waals surface area contributed by atoms with E-state index >= 15 is 0 Å². The number of urea groups is 1. The second kappa shape index (κ2) is 15.1. The van der Waals surface area contributed by atoms with Crippen molar-refractivity contribution in [3.63, 3.8) is 0 Å². The molecule has 14 nitrogen and oxygen atoms in total. The number of carbonyl (C=O) groups excluding carboxylic acids is 5. The van der Waals surface area contributed by atoms with Crippen LogP contribution in [0.5, 0.6) is 0 Å². The minimum Gasteiger partial charge on any atom is -0.443 e. The van der Waals surface area contributed by atoms with E-state index < -0.39 is 75.1 Å². The molecule has 2 heterocycles. The molecule has 0 saturated carbocycles. The molecule has 0 unspecified atom stereocenters. The van der Waals surface area contributed by atoms with Gasteiger partial charge in [-0.05, 0) is 102 Å². The summed E-state index contributed by atoms with van der Waals surface area (Å²) in [5.74, 6) is -4.05. The molecule has 1 N–H and O–H groups in total. The fraction of sp³-hybridized carbons (Fsp3) is 0.389. The van der Waals surface area contributed by atoms with E-state index in [2.05, 4.69) is 10.3 Å². The summed E-state index contributed by atoms with van der Waals surface area (Å²) >= 11 is 0. The minimum atomic E-state index is -4.54. The van der Waals surface area contributed by atoms with Crippen molar-refractivity contribution in [3.05, 3.63) is 89.9 Å². The summed E-state index contributed by atoms with van der Waals surface area (Å²) in [5, 5.41) is 2.68. The lowest BCUT2D eigenvalue weighted by Gasteiger charge is -2.45. The number of hydrogen-bond donors (Lipinski definition) is 1. The number of rotatable bonds is 8. The number of halogens is 1. The highest BCUT2D eigenvalue weighted by Crippen LogP contribution is 2.34. The number of carbonyl (C=O) groups is 5. The molecular weight excluding hydrogens is 697 g/mol. The number of sulfonamides is 1. The van der Waals surface area contributed by atoms with Crippen LogP contribution in [-0.2, 0) is 35.5 Å². The van der Waals surface area contributed by atoms with Gasteiger partial charge in [-0.3, -0.25) is 14.5 Å². The highest BCUT2D eigenvalue weighted by atomic mass is 32.2. The Hall–Kier alpha value is -5.38. The van der Waals surface area contributed by atoms with Crippen LogP contribution in [0.4, 0.5) is 24.6 Å². The molecule has 16 heteroatoms. The van der Waals surface area contributed by atoms with Gasteiger partial charge in [0.1, 0.15) is 28.9 Å². The molecule has 6 amide bonds. The Bertz CT molecular complexity index is 1920. The van der Waals surface area contributed by atoms with Crippen LogP contribution in [-0.4, -0.2) is 76.9 Å². The smallest absolute Gasteiger partial charge is 0.425 e. The first-order valence-corrected chi connectivity index (χ1v) is 17.7. The SMILES string of the molecule is C[C@@H](NC(=O)N1C(=O)[C@H](Cc2ccnc(N(C(=O)OC(C)(C)C)C(=O)OC(C)(C)C)c2)[C@H]1C(=O)N(C)S(=O)(=O)c1ccc(F)cc1)c1ccccc1. The van der Waals surface area contributed by atoms with Gasteiger partial charge in [0.15, 0.2) is 0 Å². The summed E-state index contributed by atoms with van der Waals surface area (Å²) < 4.78 is 51.7. The van der Waals surface area contributed by atoms with Gasteiger partial charge in [0.2, 0.25) is 5.91 Å². The third-order valence-electron chi connectivity index (χ3n) is 7.75. The summed E-state index contributed by atoms with van der Waals surface area (Å²) in [7, 11) is -3.56. The lowest BCUT2D eigenvalue weighted by molar-refractivity contribution is -0.159. The normalized spacial score (nSPS) is 16.6. The van der Waals surface area contributed by atoms with Crippen molar-refractivity contribution in [2.45, 2.75) is 83.1 Å². The molecule has 278 valence electrons. The summed E-state index contributed by atoms with van der Waals surface area (Å²) in [6.07, 6.45) is -1.13. The molecule has 0 bridgehead atoms. The first-order valence-electron chi connectivity index (χ1n) is 16.3. The first kappa shape index (κ1) is 39.4. The molecule has 1 fully saturated rings. The number of aromatic nitrogens is 1. The van der Waals surface area contributed by atoms with Crippen LogP contribution in [0.15, 0.2) is 77.8 Å². The third-order valence-corrected chi connectivity index (χ3v) is 9.52. The monoisotopic (exact) mass is 739 g/mol. The number of anilines is 1. The number of likely N-dealkylation sites (tertiary alicyclic amines) is 1. The number of imide groups is 2. The van der Waals surface area contributed by atoms with Crippen LogP contribution >= 0.6 is 0 Å².